The second-order valence-electron chi connectivity index (χ2n) is 15.1. The van der Waals surface area contributed by atoms with E-state index >= 15 is 0 Å². The lowest BCUT2D eigenvalue weighted by Crippen LogP contribution is -2.60. The molecule has 0 aromatic rings. The number of aliphatic hydroxyl groups is 1. The fourth-order valence-corrected chi connectivity index (χ4v) is 7.20. The first-order valence-corrected chi connectivity index (χ1v) is 17.1. The van der Waals surface area contributed by atoms with E-state index in [-0.39, 0.29) is 30.8 Å². The number of primary amides is 1. The number of piperidine rings is 1. The fourth-order valence-electron chi connectivity index (χ4n) is 7.20. The smallest absolute Gasteiger partial charge is 0.317 e. The second kappa shape index (κ2) is 16.8. The monoisotopic (exact) mass is 620 g/mol. The molecule has 0 radical (unpaired) electrons. The van der Waals surface area contributed by atoms with Gasteiger partial charge in [-0.25, -0.2) is 4.79 Å². The summed E-state index contributed by atoms with van der Waals surface area (Å²) in [6.07, 6.45) is 10.8. The molecule has 3 unspecified atom stereocenters. The lowest BCUT2D eigenvalue weighted by molar-refractivity contribution is -0.133. The van der Waals surface area contributed by atoms with Crippen molar-refractivity contribution >= 4 is 23.8 Å². The van der Waals surface area contributed by atoms with E-state index in [1.54, 1.807) is 4.90 Å². The maximum atomic E-state index is 13.7. The topological polar surface area (TPSA) is 166 Å². The number of nitrogens with two attached hydrogens (primary N) is 1. The van der Waals surface area contributed by atoms with Crippen LogP contribution in [-0.4, -0.2) is 82.7 Å². The molecule has 1 aliphatic heterocycles. The van der Waals surface area contributed by atoms with Crippen molar-refractivity contribution < 1.29 is 24.3 Å². The lowest BCUT2D eigenvalue weighted by Gasteiger charge is -2.40. The van der Waals surface area contributed by atoms with Gasteiger partial charge in [-0.1, -0.05) is 58.8 Å². The summed E-state index contributed by atoms with van der Waals surface area (Å²) < 4.78 is 0. The van der Waals surface area contributed by atoms with Gasteiger partial charge in [0.05, 0.1) is 31.2 Å². The van der Waals surface area contributed by atoms with Crippen LogP contribution in [0.25, 0.3) is 0 Å². The predicted molar refractivity (Wildman–Crippen MR) is 171 cm³/mol. The maximum absolute atomic E-state index is 13.7. The molecule has 2 aliphatic carbocycles. The minimum Gasteiger partial charge on any atom is -0.389 e. The number of amides is 5. The fraction of sp³-hybridized carbons (Fsp3) is 0.879. The molecule has 3 rings (SSSR count). The van der Waals surface area contributed by atoms with Crippen LogP contribution in [0.3, 0.4) is 0 Å². The molecule has 0 aromatic heterocycles. The van der Waals surface area contributed by atoms with Crippen LogP contribution < -0.4 is 27.0 Å². The number of carbonyl (C=O) groups is 4. The number of hydrogen-bond acceptors (Lipinski definition) is 6. The number of carbonyl (C=O) groups excluding carboxylic acids is 4. The molecule has 1 heterocycles. The summed E-state index contributed by atoms with van der Waals surface area (Å²) in [7, 11) is 0. The van der Waals surface area contributed by atoms with Crippen LogP contribution in [0.1, 0.15) is 118 Å². The molecular weight excluding hydrogens is 560 g/mol. The first-order valence-electron chi connectivity index (χ1n) is 17.1. The quantitative estimate of drug-likeness (QED) is 0.185. The molecule has 11 nitrogen and oxygen atoms in total. The van der Waals surface area contributed by atoms with E-state index in [0.29, 0.717) is 37.3 Å². The molecule has 6 atom stereocenters. The lowest BCUT2D eigenvalue weighted by atomic mass is 9.77. The van der Waals surface area contributed by atoms with E-state index in [0.717, 1.165) is 44.9 Å². The standard InChI is InChI=1S/C33H60N6O5/c1-21(2)19-39(32(44)38-33(3,4)5)20-28(40)26(17-22-11-7-6-8-12-22)36-31(43)27(18-29(34)41)37-30(42)25-16-15-23-13-9-10-14-24(23)35-25/h21-28,35,40H,6-20H2,1-5H3,(H2,34,41)(H,36,43)(H,37,42)(H,38,44)/t23?,24?,25?,26-,27-,28+/m0/s1. The predicted octanol–water partition coefficient (Wildman–Crippen LogP) is 2.94. The van der Waals surface area contributed by atoms with Crippen molar-refractivity contribution in [3.8, 4) is 0 Å². The Morgan fingerprint density at radius 3 is 2.20 bits per heavy atom. The highest BCUT2D eigenvalue weighted by Gasteiger charge is 2.37. The Morgan fingerprint density at radius 1 is 0.909 bits per heavy atom. The van der Waals surface area contributed by atoms with E-state index in [2.05, 4.69) is 21.3 Å². The van der Waals surface area contributed by atoms with Crippen LogP contribution in [-0.2, 0) is 14.4 Å². The number of urea groups is 1. The van der Waals surface area contributed by atoms with Gasteiger partial charge in [0.2, 0.25) is 17.7 Å². The van der Waals surface area contributed by atoms with E-state index in [1.165, 1.54) is 19.3 Å². The molecular formula is C33H60N6O5. The summed E-state index contributed by atoms with van der Waals surface area (Å²) in [5.41, 5.74) is 5.08. The van der Waals surface area contributed by atoms with Gasteiger partial charge in [-0.05, 0) is 70.6 Å². The van der Waals surface area contributed by atoms with Crippen molar-refractivity contribution in [3.63, 3.8) is 0 Å². The minimum atomic E-state index is -1.15. The molecule has 44 heavy (non-hydrogen) atoms. The van der Waals surface area contributed by atoms with Crippen LogP contribution >= 0.6 is 0 Å². The molecule has 3 aliphatic rings. The van der Waals surface area contributed by atoms with E-state index in [9.17, 15) is 24.3 Å². The first kappa shape index (κ1) is 36.1. The Morgan fingerprint density at radius 2 is 1.57 bits per heavy atom. The highest BCUT2D eigenvalue weighted by Crippen LogP contribution is 2.32. The Balaban J connectivity index is 1.73. The van der Waals surface area contributed by atoms with Gasteiger partial charge in [0.25, 0.3) is 0 Å². The molecule has 5 amide bonds. The van der Waals surface area contributed by atoms with Gasteiger partial charge in [-0.15, -0.1) is 0 Å². The van der Waals surface area contributed by atoms with Crippen LogP contribution in [0.15, 0.2) is 0 Å². The summed E-state index contributed by atoms with van der Waals surface area (Å²) in [5.74, 6) is -0.461. The van der Waals surface area contributed by atoms with Crippen LogP contribution in [0.4, 0.5) is 4.79 Å². The summed E-state index contributed by atoms with van der Waals surface area (Å²) in [6.45, 7) is 10.2. The number of nitrogens with zero attached hydrogens (tertiary/aromatic N) is 1. The third kappa shape index (κ3) is 11.8. The van der Waals surface area contributed by atoms with Crippen molar-refractivity contribution in [3.05, 3.63) is 0 Å². The summed E-state index contributed by atoms with van der Waals surface area (Å²) in [6, 6.07) is -2.20. The third-order valence-corrected chi connectivity index (χ3v) is 9.37. The van der Waals surface area contributed by atoms with Crippen molar-refractivity contribution in [2.45, 2.75) is 154 Å². The first-order chi connectivity index (χ1) is 20.7. The van der Waals surface area contributed by atoms with Gasteiger partial charge in [0.1, 0.15) is 6.04 Å². The van der Waals surface area contributed by atoms with Gasteiger partial charge in [0, 0.05) is 18.1 Å². The molecule has 11 heteroatoms. The molecule has 7 N–H and O–H groups in total. The normalized spacial score (nSPS) is 24.8. The zero-order chi connectivity index (χ0) is 32.4. The summed E-state index contributed by atoms with van der Waals surface area (Å²) in [4.78, 5) is 53.8. The van der Waals surface area contributed by atoms with Crippen LogP contribution in [0, 0.1) is 17.8 Å². The molecule has 3 fully saturated rings. The van der Waals surface area contributed by atoms with Gasteiger partial charge in [-0.2, -0.15) is 0 Å². The average molecular weight is 621 g/mol. The van der Waals surface area contributed by atoms with Gasteiger partial charge >= 0.3 is 6.03 Å². The number of hydrogen-bond donors (Lipinski definition) is 6. The number of rotatable bonds is 13. The number of nitrogens with one attached hydrogen (secondary N) is 4. The van der Waals surface area contributed by atoms with E-state index < -0.39 is 41.6 Å². The van der Waals surface area contributed by atoms with Crippen molar-refractivity contribution in [1.82, 2.24) is 26.2 Å². The summed E-state index contributed by atoms with van der Waals surface area (Å²) >= 11 is 0. The molecule has 1 saturated heterocycles. The summed E-state index contributed by atoms with van der Waals surface area (Å²) in [5, 5.41) is 23.8. The highest BCUT2D eigenvalue weighted by molar-refractivity contribution is 5.93. The SMILES string of the molecule is CC(C)CN(C[C@@H](O)[C@H](CC1CCCCC1)NC(=O)[C@H](CC(N)=O)NC(=O)C1CCC2CCCCC2N1)C(=O)NC(C)(C)C. The van der Waals surface area contributed by atoms with E-state index in [4.69, 9.17) is 5.73 Å². The zero-order valence-electron chi connectivity index (χ0n) is 27.8. The molecule has 0 spiro atoms. The van der Waals surface area contributed by atoms with Gasteiger partial charge in [-0.3, -0.25) is 14.4 Å². The Bertz CT molecular complexity index is 963. The van der Waals surface area contributed by atoms with Crippen molar-refractivity contribution in [2.75, 3.05) is 13.1 Å². The third-order valence-electron chi connectivity index (χ3n) is 9.37. The average Bonchev–Trinajstić information content (AvgIpc) is 2.94. The maximum Gasteiger partial charge on any atom is 0.317 e. The minimum absolute atomic E-state index is 0.0408. The van der Waals surface area contributed by atoms with Crippen molar-refractivity contribution in [1.29, 1.82) is 0 Å². The number of aliphatic hydroxyl groups excluding tert-OH is 1. The van der Waals surface area contributed by atoms with Gasteiger partial charge < -0.3 is 37.0 Å². The molecule has 0 bridgehead atoms. The van der Waals surface area contributed by atoms with E-state index in [1.807, 2.05) is 34.6 Å². The van der Waals surface area contributed by atoms with Crippen LogP contribution in [0.5, 0.6) is 0 Å². The zero-order valence-corrected chi connectivity index (χ0v) is 27.8. The Kier molecular flexibility index (Phi) is 13.8. The highest BCUT2D eigenvalue weighted by atomic mass is 16.3. The molecule has 0 aromatic carbocycles. The second-order valence-corrected chi connectivity index (χ2v) is 15.1. The Hall–Kier alpha value is -2.40. The molecule has 2 saturated carbocycles. The number of fused-ring (bicyclic) bond motifs is 1. The Labute approximate surface area is 264 Å². The molecule has 252 valence electrons. The van der Waals surface area contributed by atoms with Gasteiger partial charge in [0.15, 0.2) is 0 Å². The largest absolute Gasteiger partial charge is 0.389 e. The van der Waals surface area contributed by atoms with Crippen LogP contribution in [0.2, 0.25) is 0 Å². The van der Waals surface area contributed by atoms with Crippen molar-refractivity contribution in [2.24, 2.45) is 23.5 Å².